The second-order valence-corrected chi connectivity index (χ2v) is 8.18. The summed E-state index contributed by atoms with van der Waals surface area (Å²) in [4.78, 5) is 25.8. The van der Waals surface area contributed by atoms with E-state index in [1.807, 2.05) is 51.2 Å². The van der Waals surface area contributed by atoms with Gasteiger partial charge in [-0.3, -0.25) is 19.7 Å². The third-order valence-electron chi connectivity index (χ3n) is 4.82. The molecule has 0 saturated carbocycles. The van der Waals surface area contributed by atoms with E-state index in [1.165, 1.54) is 11.3 Å². The molecule has 0 spiro atoms. The van der Waals surface area contributed by atoms with E-state index >= 15 is 0 Å². The highest BCUT2D eigenvalue weighted by Gasteiger charge is 2.16. The summed E-state index contributed by atoms with van der Waals surface area (Å²) >= 11 is 1.29. The molecule has 0 unspecified atom stereocenters. The predicted octanol–water partition coefficient (Wildman–Crippen LogP) is 4.80. The third kappa shape index (κ3) is 4.31. The quantitative estimate of drug-likeness (QED) is 0.421. The Morgan fingerprint density at radius 3 is 2.57 bits per heavy atom. The molecule has 0 aromatic carbocycles. The number of hydrogen-bond donors (Lipinski definition) is 0. The summed E-state index contributed by atoms with van der Waals surface area (Å²) in [6, 6.07) is 9.92. The third-order valence-corrected chi connectivity index (χ3v) is 5.79. The van der Waals surface area contributed by atoms with E-state index in [4.69, 9.17) is 0 Å². The standard InChI is InChI=1S/C23H21N5OS/c1-14-5-4-9-25-21(14)23-28-27-22(30-23)19(29)7-6-17-11-15(2)20(26-13-17)18-8-10-24-16(3)12-18/h4-5,8-13H,6-7H2,1-3H3. The van der Waals surface area contributed by atoms with E-state index in [2.05, 4.69) is 31.2 Å². The molecular formula is C23H21N5OS. The Morgan fingerprint density at radius 1 is 0.933 bits per heavy atom. The smallest absolute Gasteiger partial charge is 0.193 e. The van der Waals surface area contributed by atoms with Crippen molar-refractivity contribution in [2.45, 2.75) is 33.6 Å². The lowest BCUT2D eigenvalue weighted by molar-refractivity contribution is 0.0981. The first-order valence-electron chi connectivity index (χ1n) is 9.68. The van der Waals surface area contributed by atoms with E-state index in [-0.39, 0.29) is 5.78 Å². The van der Waals surface area contributed by atoms with Crippen molar-refractivity contribution in [1.82, 2.24) is 25.1 Å². The second kappa shape index (κ2) is 8.59. The van der Waals surface area contributed by atoms with Crippen LogP contribution in [0, 0.1) is 20.8 Å². The highest BCUT2D eigenvalue weighted by Crippen LogP contribution is 2.26. The molecule has 6 nitrogen and oxygen atoms in total. The van der Waals surface area contributed by atoms with Gasteiger partial charge in [0.2, 0.25) is 0 Å². The van der Waals surface area contributed by atoms with Gasteiger partial charge in [-0.25, -0.2) is 0 Å². The van der Waals surface area contributed by atoms with Gasteiger partial charge in [-0.05, 0) is 62.1 Å². The van der Waals surface area contributed by atoms with Crippen LogP contribution in [0.3, 0.4) is 0 Å². The number of Topliss-reactive ketones (excluding diaryl/α,β-unsaturated/α-hetero) is 1. The van der Waals surface area contributed by atoms with Crippen molar-refractivity contribution in [2.75, 3.05) is 0 Å². The summed E-state index contributed by atoms with van der Waals surface area (Å²) < 4.78 is 0. The van der Waals surface area contributed by atoms with Crippen LogP contribution in [0.1, 0.15) is 38.6 Å². The van der Waals surface area contributed by atoms with Crippen molar-refractivity contribution < 1.29 is 4.79 Å². The SMILES string of the molecule is Cc1cc(-c2ncc(CCC(=O)c3nnc(-c4ncccc4C)s3)cc2C)ccn1. The van der Waals surface area contributed by atoms with E-state index in [1.54, 1.807) is 12.4 Å². The van der Waals surface area contributed by atoms with E-state index in [0.717, 1.165) is 39.3 Å². The summed E-state index contributed by atoms with van der Waals surface area (Å²) in [5.74, 6) is -0.0150. The Kier molecular flexibility index (Phi) is 5.72. The number of ketones is 1. The first kappa shape index (κ1) is 20.0. The van der Waals surface area contributed by atoms with Crippen LogP contribution >= 0.6 is 11.3 Å². The van der Waals surface area contributed by atoms with Crippen molar-refractivity contribution in [1.29, 1.82) is 0 Å². The highest BCUT2D eigenvalue weighted by atomic mass is 32.1. The predicted molar refractivity (Wildman–Crippen MR) is 117 cm³/mol. The molecule has 0 aliphatic rings. The second-order valence-electron chi connectivity index (χ2n) is 7.20. The molecule has 0 bridgehead atoms. The molecule has 0 radical (unpaired) electrons. The maximum atomic E-state index is 12.6. The largest absolute Gasteiger partial charge is 0.291 e. The molecule has 4 heterocycles. The van der Waals surface area contributed by atoms with Crippen molar-refractivity contribution >= 4 is 17.1 Å². The average Bonchev–Trinajstić information content (AvgIpc) is 3.22. The van der Waals surface area contributed by atoms with Gasteiger partial charge in [-0.1, -0.05) is 23.5 Å². The molecule has 7 heteroatoms. The fraction of sp³-hybridized carbons (Fsp3) is 0.217. The average molecular weight is 416 g/mol. The van der Waals surface area contributed by atoms with Crippen LogP contribution in [0.2, 0.25) is 0 Å². The van der Waals surface area contributed by atoms with Gasteiger partial charge in [-0.15, -0.1) is 10.2 Å². The molecule has 150 valence electrons. The first-order valence-corrected chi connectivity index (χ1v) is 10.5. The van der Waals surface area contributed by atoms with Gasteiger partial charge >= 0.3 is 0 Å². The van der Waals surface area contributed by atoms with E-state index in [9.17, 15) is 4.79 Å². The van der Waals surface area contributed by atoms with Gasteiger partial charge < -0.3 is 0 Å². The number of rotatable bonds is 6. The van der Waals surface area contributed by atoms with Gasteiger partial charge in [0.25, 0.3) is 0 Å². The van der Waals surface area contributed by atoms with Gasteiger partial charge in [0, 0.05) is 36.3 Å². The number of nitrogens with zero attached hydrogens (tertiary/aromatic N) is 5. The summed E-state index contributed by atoms with van der Waals surface area (Å²) in [6.07, 6.45) is 6.33. The van der Waals surface area contributed by atoms with Gasteiger partial charge in [-0.2, -0.15) is 0 Å². The molecule has 0 aliphatic carbocycles. The van der Waals surface area contributed by atoms with Crippen LogP contribution in [-0.2, 0) is 6.42 Å². The molecular weight excluding hydrogens is 394 g/mol. The van der Waals surface area contributed by atoms with Crippen molar-refractivity contribution in [2.24, 2.45) is 0 Å². The summed E-state index contributed by atoms with van der Waals surface area (Å²) in [5, 5.41) is 9.33. The highest BCUT2D eigenvalue weighted by molar-refractivity contribution is 7.16. The van der Waals surface area contributed by atoms with Crippen LogP contribution < -0.4 is 0 Å². The lowest BCUT2D eigenvalue weighted by Crippen LogP contribution is -2.02. The van der Waals surface area contributed by atoms with Crippen molar-refractivity contribution in [3.05, 3.63) is 76.3 Å². The topological polar surface area (TPSA) is 81.5 Å². The van der Waals surface area contributed by atoms with Crippen molar-refractivity contribution in [3.63, 3.8) is 0 Å². The normalized spacial score (nSPS) is 10.9. The van der Waals surface area contributed by atoms with Crippen LogP contribution in [0.4, 0.5) is 0 Å². The first-order chi connectivity index (χ1) is 14.5. The number of carbonyl (C=O) groups excluding carboxylic acids is 1. The van der Waals surface area contributed by atoms with Crippen LogP contribution in [0.5, 0.6) is 0 Å². The number of aryl methyl sites for hydroxylation is 4. The number of aromatic nitrogens is 5. The molecule has 0 amide bonds. The Balaban J connectivity index is 1.44. The molecule has 4 aromatic heterocycles. The summed E-state index contributed by atoms with van der Waals surface area (Å²) in [7, 11) is 0. The zero-order chi connectivity index (χ0) is 21.1. The monoisotopic (exact) mass is 415 g/mol. The van der Waals surface area contributed by atoms with Crippen LogP contribution in [0.25, 0.3) is 22.0 Å². The lowest BCUT2D eigenvalue weighted by atomic mass is 10.0. The number of hydrogen-bond acceptors (Lipinski definition) is 7. The minimum atomic E-state index is -0.0150. The maximum Gasteiger partial charge on any atom is 0.193 e. The molecule has 0 N–H and O–H groups in total. The Labute approximate surface area is 179 Å². The Morgan fingerprint density at radius 2 is 1.80 bits per heavy atom. The molecule has 4 aromatic rings. The van der Waals surface area contributed by atoms with Crippen molar-refractivity contribution in [3.8, 4) is 22.0 Å². The molecule has 4 rings (SSSR count). The molecule has 30 heavy (non-hydrogen) atoms. The molecule has 0 atom stereocenters. The van der Waals surface area contributed by atoms with E-state index < -0.39 is 0 Å². The summed E-state index contributed by atoms with van der Waals surface area (Å²) in [6.45, 7) is 5.97. The van der Waals surface area contributed by atoms with Crippen LogP contribution in [-0.4, -0.2) is 30.9 Å². The Hall–Kier alpha value is -3.32. The molecule has 0 saturated heterocycles. The fourth-order valence-electron chi connectivity index (χ4n) is 3.27. The zero-order valence-corrected chi connectivity index (χ0v) is 17.9. The minimum absolute atomic E-state index is 0.0150. The van der Waals surface area contributed by atoms with Gasteiger partial charge in [0.15, 0.2) is 15.8 Å². The minimum Gasteiger partial charge on any atom is -0.291 e. The number of carbonyl (C=O) groups is 1. The number of pyridine rings is 3. The zero-order valence-electron chi connectivity index (χ0n) is 17.1. The van der Waals surface area contributed by atoms with E-state index in [0.29, 0.717) is 22.9 Å². The Bertz CT molecular complexity index is 1220. The van der Waals surface area contributed by atoms with Gasteiger partial charge in [0.1, 0.15) is 5.69 Å². The molecule has 0 aliphatic heterocycles. The molecule has 0 fully saturated rings. The van der Waals surface area contributed by atoms with Gasteiger partial charge in [0.05, 0.1) is 5.69 Å². The summed E-state index contributed by atoms with van der Waals surface area (Å²) in [5.41, 5.74) is 6.84. The maximum absolute atomic E-state index is 12.6. The van der Waals surface area contributed by atoms with Crippen LogP contribution in [0.15, 0.2) is 48.9 Å². The lowest BCUT2D eigenvalue weighted by Gasteiger charge is -2.08. The fourth-order valence-corrected chi connectivity index (χ4v) is 4.14.